The van der Waals surface area contributed by atoms with E-state index in [0.29, 0.717) is 6.04 Å². The Hall–Kier alpha value is -0.800. The molecule has 3 heteroatoms. The summed E-state index contributed by atoms with van der Waals surface area (Å²) in [7, 11) is 0. The van der Waals surface area contributed by atoms with Crippen molar-refractivity contribution < 1.29 is 4.42 Å². The lowest BCUT2D eigenvalue weighted by Gasteiger charge is -2.40. The van der Waals surface area contributed by atoms with Gasteiger partial charge in [0.2, 0.25) is 0 Å². The highest BCUT2D eigenvalue weighted by Crippen LogP contribution is 2.28. The predicted octanol–water partition coefficient (Wildman–Crippen LogP) is 3.40. The third kappa shape index (κ3) is 3.44. The Kier molecular flexibility index (Phi) is 4.18. The van der Waals surface area contributed by atoms with Crippen LogP contribution in [0.15, 0.2) is 16.7 Å². The highest BCUT2D eigenvalue weighted by molar-refractivity contribution is 5.13. The zero-order chi connectivity index (χ0) is 14.1. The molecular weight excluding hydrogens is 248 g/mol. The quantitative estimate of drug-likeness (QED) is 0.893. The monoisotopic (exact) mass is 276 g/mol. The molecule has 2 fully saturated rings. The van der Waals surface area contributed by atoms with Crippen molar-refractivity contribution in [3.8, 4) is 0 Å². The van der Waals surface area contributed by atoms with E-state index in [1.807, 2.05) is 6.26 Å². The van der Waals surface area contributed by atoms with Crippen molar-refractivity contribution in [3.05, 3.63) is 23.7 Å². The lowest BCUT2D eigenvalue weighted by molar-refractivity contribution is 0.0668. The first-order chi connectivity index (χ1) is 9.61. The van der Waals surface area contributed by atoms with Gasteiger partial charge >= 0.3 is 0 Å². The summed E-state index contributed by atoms with van der Waals surface area (Å²) >= 11 is 0. The van der Waals surface area contributed by atoms with Crippen molar-refractivity contribution in [2.75, 3.05) is 6.54 Å². The van der Waals surface area contributed by atoms with Gasteiger partial charge in [-0.2, -0.15) is 0 Å². The van der Waals surface area contributed by atoms with Crippen LogP contribution >= 0.6 is 0 Å². The van der Waals surface area contributed by atoms with Gasteiger partial charge in [-0.05, 0) is 44.1 Å². The number of nitrogens with zero attached hydrogens (tertiary/aromatic N) is 1. The van der Waals surface area contributed by atoms with Crippen molar-refractivity contribution in [3.63, 3.8) is 0 Å². The smallest absolute Gasteiger partial charge is 0.118 e. The van der Waals surface area contributed by atoms with Gasteiger partial charge in [0.05, 0.1) is 12.8 Å². The first kappa shape index (κ1) is 14.2. The van der Waals surface area contributed by atoms with Gasteiger partial charge in [-0.15, -0.1) is 0 Å². The molecule has 3 atom stereocenters. The van der Waals surface area contributed by atoms with Crippen LogP contribution in [0.3, 0.4) is 0 Å². The van der Waals surface area contributed by atoms with Crippen LogP contribution in [0.1, 0.15) is 51.4 Å². The van der Waals surface area contributed by atoms with Crippen LogP contribution in [0.4, 0.5) is 0 Å². The molecule has 1 aromatic rings. The Morgan fingerprint density at radius 3 is 2.85 bits per heavy atom. The van der Waals surface area contributed by atoms with E-state index in [4.69, 9.17) is 4.42 Å². The van der Waals surface area contributed by atoms with Gasteiger partial charge in [0, 0.05) is 30.7 Å². The second kappa shape index (κ2) is 5.90. The van der Waals surface area contributed by atoms with E-state index in [1.54, 1.807) is 0 Å². The highest BCUT2D eigenvalue weighted by atomic mass is 16.3. The van der Waals surface area contributed by atoms with E-state index in [2.05, 4.69) is 37.1 Å². The molecule has 2 aliphatic rings. The van der Waals surface area contributed by atoms with Crippen LogP contribution in [0.25, 0.3) is 0 Å². The van der Waals surface area contributed by atoms with Crippen LogP contribution in [0.5, 0.6) is 0 Å². The highest BCUT2D eigenvalue weighted by Gasteiger charge is 2.29. The Morgan fingerprint density at radius 1 is 1.30 bits per heavy atom. The van der Waals surface area contributed by atoms with Crippen LogP contribution < -0.4 is 5.32 Å². The maximum absolute atomic E-state index is 5.76. The molecule has 0 spiro atoms. The predicted molar refractivity (Wildman–Crippen MR) is 81.4 cm³/mol. The van der Waals surface area contributed by atoms with Gasteiger partial charge in [-0.3, -0.25) is 4.90 Å². The molecule has 0 bridgehead atoms. The second-order valence-electron chi connectivity index (χ2n) is 7.06. The summed E-state index contributed by atoms with van der Waals surface area (Å²) < 4.78 is 5.76. The summed E-state index contributed by atoms with van der Waals surface area (Å²) in [6.07, 6.45) is 5.95. The SMILES string of the molecule is CC1CC(C)C(C)N(Cc2cc(CNC3CC3)co2)C1. The van der Waals surface area contributed by atoms with E-state index in [1.165, 1.54) is 31.4 Å². The number of piperidine rings is 1. The molecule has 1 N–H and O–H groups in total. The van der Waals surface area contributed by atoms with Crippen LogP contribution in [-0.4, -0.2) is 23.5 Å². The largest absolute Gasteiger partial charge is 0.468 e. The molecule has 3 rings (SSSR count). The van der Waals surface area contributed by atoms with E-state index < -0.39 is 0 Å². The molecule has 1 aliphatic carbocycles. The maximum Gasteiger partial charge on any atom is 0.118 e. The number of likely N-dealkylation sites (tertiary alicyclic amines) is 1. The van der Waals surface area contributed by atoms with Gasteiger partial charge in [-0.25, -0.2) is 0 Å². The lowest BCUT2D eigenvalue weighted by Crippen LogP contribution is -2.45. The molecule has 0 radical (unpaired) electrons. The van der Waals surface area contributed by atoms with Crippen molar-refractivity contribution >= 4 is 0 Å². The Balaban J connectivity index is 1.55. The minimum Gasteiger partial charge on any atom is -0.468 e. The third-order valence-electron chi connectivity index (χ3n) is 4.96. The molecule has 1 aromatic heterocycles. The summed E-state index contributed by atoms with van der Waals surface area (Å²) in [5.41, 5.74) is 1.29. The number of hydrogen-bond donors (Lipinski definition) is 1. The molecule has 1 aliphatic heterocycles. The van der Waals surface area contributed by atoms with Crippen molar-refractivity contribution in [1.82, 2.24) is 10.2 Å². The molecule has 2 heterocycles. The van der Waals surface area contributed by atoms with Crippen LogP contribution in [0.2, 0.25) is 0 Å². The zero-order valence-corrected chi connectivity index (χ0v) is 13.1. The van der Waals surface area contributed by atoms with Gasteiger partial charge in [0.15, 0.2) is 0 Å². The second-order valence-corrected chi connectivity index (χ2v) is 7.06. The fourth-order valence-corrected chi connectivity index (χ4v) is 3.39. The van der Waals surface area contributed by atoms with Gasteiger partial charge in [-0.1, -0.05) is 13.8 Å². The first-order valence-corrected chi connectivity index (χ1v) is 8.15. The van der Waals surface area contributed by atoms with Gasteiger partial charge < -0.3 is 9.73 Å². The topological polar surface area (TPSA) is 28.4 Å². The van der Waals surface area contributed by atoms with Crippen molar-refractivity contribution in [2.45, 2.75) is 65.2 Å². The minimum atomic E-state index is 0.657. The molecule has 3 unspecified atom stereocenters. The average Bonchev–Trinajstić information content (AvgIpc) is 3.13. The number of hydrogen-bond acceptors (Lipinski definition) is 3. The Morgan fingerprint density at radius 2 is 2.10 bits per heavy atom. The molecule has 0 amide bonds. The molecule has 112 valence electrons. The fourth-order valence-electron chi connectivity index (χ4n) is 3.39. The van der Waals surface area contributed by atoms with Crippen molar-refractivity contribution in [1.29, 1.82) is 0 Å². The Bertz CT molecular complexity index is 438. The van der Waals surface area contributed by atoms with Gasteiger partial charge in [0.25, 0.3) is 0 Å². The molecule has 3 nitrogen and oxygen atoms in total. The minimum absolute atomic E-state index is 0.657. The Labute approximate surface area is 122 Å². The molecular formula is C17H28N2O. The number of furan rings is 1. The van der Waals surface area contributed by atoms with Crippen LogP contribution in [-0.2, 0) is 13.1 Å². The van der Waals surface area contributed by atoms with E-state index in [0.717, 1.165) is 36.7 Å². The standard InChI is InChI=1S/C17H28N2O/c1-12-6-13(2)14(3)19(9-12)10-17-7-15(11-20-17)8-18-16-4-5-16/h7,11-14,16,18H,4-6,8-10H2,1-3H3. The zero-order valence-electron chi connectivity index (χ0n) is 13.1. The number of nitrogens with one attached hydrogen (secondary N) is 1. The van der Waals surface area contributed by atoms with E-state index in [9.17, 15) is 0 Å². The van der Waals surface area contributed by atoms with Crippen LogP contribution in [0, 0.1) is 11.8 Å². The first-order valence-electron chi connectivity index (χ1n) is 8.15. The fraction of sp³-hybridized carbons (Fsp3) is 0.765. The normalized spacial score (nSPS) is 31.6. The number of rotatable bonds is 5. The maximum atomic E-state index is 5.76. The van der Waals surface area contributed by atoms with Gasteiger partial charge in [0.1, 0.15) is 5.76 Å². The molecule has 0 aromatic carbocycles. The summed E-state index contributed by atoms with van der Waals surface area (Å²) in [4.78, 5) is 2.58. The summed E-state index contributed by atoms with van der Waals surface area (Å²) in [6.45, 7) is 10.2. The summed E-state index contributed by atoms with van der Waals surface area (Å²) in [5, 5.41) is 3.54. The van der Waals surface area contributed by atoms with E-state index in [-0.39, 0.29) is 0 Å². The third-order valence-corrected chi connectivity index (χ3v) is 4.96. The summed E-state index contributed by atoms with van der Waals surface area (Å²) in [6, 6.07) is 3.65. The molecule has 1 saturated carbocycles. The average molecular weight is 276 g/mol. The lowest BCUT2D eigenvalue weighted by atomic mass is 9.86. The molecule has 20 heavy (non-hydrogen) atoms. The van der Waals surface area contributed by atoms with Crippen molar-refractivity contribution in [2.24, 2.45) is 11.8 Å². The summed E-state index contributed by atoms with van der Waals surface area (Å²) in [5.74, 6) is 2.70. The molecule has 1 saturated heterocycles. The van der Waals surface area contributed by atoms with E-state index >= 15 is 0 Å².